The molecule has 8 nitrogen and oxygen atoms in total. The van der Waals surface area contributed by atoms with Crippen LogP contribution in [0.1, 0.15) is 49.7 Å². The molecule has 4 rings (SSSR count). The molecule has 0 spiro atoms. The first-order valence-electron chi connectivity index (χ1n) is 12.0. The normalized spacial score (nSPS) is 21.6. The predicted molar refractivity (Wildman–Crippen MR) is 134 cm³/mol. The van der Waals surface area contributed by atoms with Crippen molar-refractivity contribution >= 4 is 17.4 Å². The second-order valence-electron chi connectivity index (χ2n) is 9.68. The van der Waals surface area contributed by atoms with E-state index in [1.54, 1.807) is 19.2 Å². The lowest BCUT2D eigenvalue weighted by Gasteiger charge is -2.40. The number of rotatable bonds is 7. The van der Waals surface area contributed by atoms with Gasteiger partial charge in [0.15, 0.2) is 5.78 Å². The van der Waals surface area contributed by atoms with Crippen molar-refractivity contribution in [3.8, 4) is 5.75 Å². The minimum atomic E-state index is -0.883. The van der Waals surface area contributed by atoms with Crippen LogP contribution in [0.15, 0.2) is 72.1 Å². The number of allylic oxidation sites excluding steroid dienone is 2. The third kappa shape index (κ3) is 5.03. The number of carbonyl (C=O) groups is 2. The van der Waals surface area contributed by atoms with Gasteiger partial charge in [-0.3, -0.25) is 19.7 Å². The molecule has 3 unspecified atom stereocenters. The van der Waals surface area contributed by atoms with Gasteiger partial charge in [0, 0.05) is 41.4 Å². The van der Waals surface area contributed by atoms with Crippen molar-refractivity contribution in [3.63, 3.8) is 0 Å². The fraction of sp³-hybridized carbons (Fsp3) is 0.357. The predicted octanol–water partition coefficient (Wildman–Crippen LogP) is 5.02. The van der Waals surface area contributed by atoms with Crippen LogP contribution in [0.25, 0.3) is 0 Å². The number of nitro benzene ring substituents is 1. The number of hydrogen-bond acceptors (Lipinski definition) is 7. The summed E-state index contributed by atoms with van der Waals surface area (Å²) in [6.07, 6.45) is 0.810. The van der Waals surface area contributed by atoms with E-state index >= 15 is 0 Å². The topological polar surface area (TPSA) is 108 Å². The molecule has 0 amide bonds. The van der Waals surface area contributed by atoms with Gasteiger partial charge >= 0.3 is 5.97 Å². The zero-order chi connectivity index (χ0) is 26.0. The van der Waals surface area contributed by atoms with E-state index in [2.05, 4.69) is 11.9 Å². The molecule has 2 aromatic rings. The van der Waals surface area contributed by atoms with Crippen LogP contribution < -0.4 is 10.1 Å². The van der Waals surface area contributed by atoms with E-state index in [4.69, 9.17) is 9.47 Å². The van der Waals surface area contributed by atoms with Gasteiger partial charge in [-0.05, 0) is 41.5 Å². The summed E-state index contributed by atoms with van der Waals surface area (Å²) >= 11 is 0. The van der Waals surface area contributed by atoms with Crippen LogP contribution in [0.5, 0.6) is 5.75 Å². The quantitative estimate of drug-likeness (QED) is 0.330. The number of esters is 1. The fourth-order valence-corrected chi connectivity index (χ4v) is 4.97. The van der Waals surface area contributed by atoms with Crippen LogP contribution in [0, 0.1) is 22.0 Å². The zero-order valence-electron chi connectivity index (χ0n) is 20.7. The monoisotopic (exact) mass is 490 g/mol. The molecule has 3 atom stereocenters. The summed E-state index contributed by atoms with van der Waals surface area (Å²) in [4.78, 5) is 37.9. The first kappa shape index (κ1) is 25.2. The van der Waals surface area contributed by atoms with Gasteiger partial charge in [-0.2, -0.15) is 0 Å². The number of ketones is 1. The van der Waals surface area contributed by atoms with Gasteiger partial charge in [0.25, 0.3) is 5.69 Å². The van der Waals surface area contributed by atoms with Gasteiger partial charge in [-0.1, -0.05) is 44.7 Å². The maximum Gasteiger partial charge on any atom is 0.315 e. The van der Waals surface area contributed by atoms with E-state index in [1.165, 1.54) is 12.1 Å². The second kappa shape index (κ2) is 10.4. The summed E-state index contributed by atoms with van der Waals surface area (Å²) in [5.74, 6) is -1.41. The Morgan fingerprint density at radius 2 is 1.89 bits per heavy atom. The average molecular weight is 491 g/mol. The van der Waals surface area contributed by atoms with Crippen molar-refractivity contribution in [3.05, 3.63) is 93.3 Å². The number of nitrogens with zero attached hydrogens (tertiary/aromatic N) is 1. The van der Waals surface area contributed by atoms with E-state index in [0.717, 1.165) is 11.3 Å². The Kier molecular flexibility index (Phi) is 7.24. The van der Waals surface area contributed by atoms with Crippen molar-refractivity contribution in [2.24, 2.45) is 11.8 Å². The summed E-state index contributed by atoms with van der Waals surface area (Å²) in [6.45, 7) is 8.20. The molecule has 36 heavy (non-hydrogen) atoms. The average Bonchev–Trinajstić information content (AvgIpc) is 2.86. The van der Waals surface area contributed by atoms with Crippen LogP contribution >= 0.6 is 0 Å². The zero-order valence-corrected chi connectivity index (χ0v) is 20.7. The first-order chi connectivity index (χ1) is 17.2. The highest BCUT2D eigenvalue weighted by molar-refractivity contribution is 6.01. The lowest BCUT2D eigenvalue weighted by Crippen LogP contribution is -2.42. The molecule has 0 saturated carbocycles. The van der Waals surface area contributed by atoms with E-state index in [9.17, 15) is 19.7 Å². The van der Waals surface area contributed by atoms with E-state index < -0.39 is 22.7 Å². The molecule has 188 valence electrons. The number of benzene rings is 2. The van der Waals surface area contributed by atoms with Gasteiger partial charge in [-0.25, -0.2) is 0 Å². The van der Waals surface area contributed by atoms with Gasteiger partial charge < -0.3 is 14.8 Å². The number of methoxy groups -OCH3 is 1. The van der Waals surface area contributed by atoms with Crippen LogP contribution in [0.2, 0.25) is 0 Å². The second-order valence-corrected chi connectivity index (χ2v) is 9.68. The smallest absolute Gasteiger partial charge is 0.315 e. The SMILES string of the molecule is C=C1NC2=C(C(=O)CC(c3ccc(OC)cc3)C2)C(c2cccc([N+](=O)[O-])c2)C1C(=O)OCC(C)C. The molecular formula is C28H30N2O6. The highest BCUT2D eigenvalue weighted by Crippen LogP contribution is 2.47. The Morgan fingerprint density at radius 1 is 1.17 bits per heavy atom. The molecule has 0 bridgehead atoms. The van der Waals surface area contributed by atoms with Crippen LogP contribution in [-0.2, 0) is 14.3 Å². The molecule has 1 N–H and O–H groups in total. The number of carbonyl (C=O) groups excluding carboxylic acids is 2. The Labute approximate surface area is 210 Å². The van der Waals surface area contributed by atoms with E-state index in [0.29, 0.717) is 29.0 Å². The van der Waals surface area contributed by atoms with Gasteiger partial charge in [0.05, 0.1) is 18.6 Å². The molecule has 1 aliphatic heterocycles. The maximum absolute atomic E-state index is 13.6. The number of Topliss-reactive ketones (excluding diaryl/α,β-unsaturated/α-hetero) is 1. The van der Waals surface area contributed by atoms with Crippen molar-refractivity contribution in [2.45, 2.75) is 38.5 Å². The lowest BCUT2D eigenvalue weighted by molar-refractivity contribution is -0.384. The molecule has 1 heterocycles. The molecule has 2 aromatic carbocycles. The van der Waals surface area contributed by atoms with Crippen molar-refractivity contribution in [1.29, 1.82) is 0 Å². The Morgan fingerprint density at radius 3 is 2.53 bits per heavy atom. The molecular weight excluding hydrogens is 460 g/mol. The Hall–Kier alpha value is -3.94. The molecule has 8 heteroatoms. The summed E-state index contributed by atoms with van der Waals surface area (Å²) in [5.41, 5.74) is 3.01. The van der Waals surface area contributed by atoms with E-state index in [-0.39, 0.29) is 36.3 Å². The van der Waals surface area contributed by atoms with Crippen LogP contribution in [0.3, 0.4) is 0 Å². The standard InChI is InChI=1S/C28H30N2O6/c1-16(2)15-36-28(32)25-17(3)29-23-13-20(18-8-10-22(35-4)11-9-18)14-24(31)27(23)26(25)19-6-5-7-21(12-19)30(33)34/h5-12,16,20,25-26,29H,3,13-15H2,1-2,4H3. The minimum Gasteiger partial charge on any atom is -0.497 e. The molecule has 2 aliphatic rings. The Balaban J connectivity index is 1.77. The van der Waals surface area contributed by atoms with Gasteiger partial charge in [0.1, 0.15) is 11.7 Å². The number of ether oxygens (including phenoxy) is 2. The third-order valence-electron chi connectivity index (χ3n) is 6.68. The van der Waals surface area contributed by atoms with Crippen LogP contribution in [-0.4, -0.2) is 30.4 Å². The summed E-state index contributed by atoms with van der Waals surface area (Å²) in [5, 5.41) is 14.7. The summed E-state index contributed by atoms with van der Waals surface area (Å²) < 4.78 is 10.8. The van der Waals surface area contributed by atoms with Crippen molar-refractivity contribution in [1.82, 2.24) is 5.32 Å². The molecule has 0 aromatic heterocycles. The van der Waals surface area contributed by atoms with Gasteiger partial charge in [0.2, 0.25) is 0 Å². The molecule has 0 fully saturated rings. The highest BCUT2D eigenvalue weighted by Gasteiger charge is 2.45. The van der Waals surface area contributed by atoms with Crippen LogP contribution in [0.4, 0.5) is 5.69 Å². The highest BCUT2D eigenvalue weighted by atomic mass is 16.6. The third-order valence-corrected chi connectivity index (χ3v) is 6.68. The van der Waals surface area contributed by atoms with Crippen molar-refractivity contribution < 1.29 is 24.0 Å². The molecule has 0 radical (unpaired) electrons. The summed E-state index contributed by atoms with van der Waals surface area (Å²) in [6, 6.07) is 13.7. The Bertz CT molecular complexity index is 1230. The first-order valence-corrected chi connectivity index (χ1v) is 12.0. The minimum absolute atomic E-state index is 0.0577. The van der Waals surface area contributed by atoms with Gasteiger partial charge in [-0.15, -0.1) is 0 Å². The number of hydrogen-bond donors (Lipinski definition) is 1. The van der Waals surface area contributed by atoms with Crippen molar-refractivity contribution in [2.75, 3.05) is 13.7 Å². The molecule has 1 aliphatic carbocycles. The number of non-ortho nitro benzene ring substituents is 1. The molecule has 0 saturated heterocycles. The van der Waals surface area contributed by atoms with E-state index in [1.807, 2.05) is 38.1 Å². The fourth-order valence-electron chi connectivity index (χ4n) is 4.97. The lowest BCUT2D eigenvalue weighted by atomic mass is 9.69. The summed E-state index contributed by atoms with van der Waals surface area (Å²) in [7, 11) is 1.60. The number of nitro groups is 1. The maximum atomic E-state index is 13.6. The largest absolute Gasteiger partial charge is 0.497 e. The number of nitrogens with one attached hydrogen (secondary N) is 1.